The minimum absolute atomic E-state index is 0.192. The summed E-state index contributed by atoms with van der Waals surface area (Å²) < 4.78 is 18.5. The fourth-order valence-electron chi connectivity index (χ4n) is 1.86. The second-order valence-electron chi connectivity index (χ2n) is 4.72. The zero-order valence-electron chi connectivity index (χ0n) is 12.9. The van der Waals surface area contributed by atoms with Gasteiger partial charge in [0.15, 0.2) is 5.65 Å². The molecule has 0 saturated carbocycles. The standard InChI is InChI=1S/C15H21N5O3/c1-3-5-21-8-12(9-22-6-4-2)23-11-20-10-18-14-13(20)7-17-15(16)19-14/h3-4,7,10,12H,1-2,5-6,8-9,11H2,(H2,16,17,19). The molecule has 2 aromatic rings. The SMILES string of the molecule is C=CCOCC(COCC=C)OCn1cnc2nc(N)ncc21. The van der Waals surface area contributed by atoms with Gasteiger partial charge in [0.05, 0.1) is 39.0 Å². The quantitative estimate of drug-likeness (QED) is 0.490. The fraction of sp³-hybridized carbons (Fsp3) is 0.400. The van der Waals surface area contributed by atoms with Crippen LogP contribution in [0.5, 0.6) is 0 Å². The van der Waals surface area contributed by atoms with Crippen molar-refractivity contribution in [3.63, 3.8) is 0 Å². The van der Waals surface area contributed by atoms with Gasteiger partial charge in [0.25, 0.3) is 0 Å². The van der Waals surface area contributed by atoms with Gasteiger partial charge < -0.3 is 24.5 Å². The maximum absolute atomic E-state index is 5.84. The number of anilines is 1. The van der Waals surface area contributed by atoms with E-state index in [2.05, 4.69) is 28.1 Å². The number of nitrogens with two attached hydrogens (primary N) is 1. The van der Waals surface area contributed by atoms with E-state index in [1.165, 1.54) is 0 Å². The zero-order valence-corrected chi connectivity index (χ0v) is 12.9. The van der Waals surface area contributed by atoms with Crippen LogP contribution in [0.25, 0.3) is 11.2 Å². The summed E-state index contributed by atoms with van der Waals surface area (Å²) in [6, 6.07) is 0. The van der Waals surface area contributed by atoms with E-state index >= 15 is 0 Å². The Balaban J connectivity index is 1.94. The van der Waals surface area contributed by atoms with Gasteiger partial charge in [-0.15, -0.1) is 13.2 Å². The first-order valence-corrected chi connectivity index (χ1v) is 7.16. The molecular formula is C15H21N5O3. The van der Waals surface area contributed by atoms with Gasteiger partial charge in [0.2, 0.25) is 5.95 Å². The molecule has 0 amide bonds. The molecule has 0 fully saturated rings. The number of hydrogen-bond donors (Lipinski definition) is 1. The van der Waals surface area contributed by atoms with Crippen molar-refractivity contribution in [2.24, 2.45) is 0 Å². The molecule has 2 rings (SSSR count). The minimum atomic E-state index is -0.220. The fourth-order valence-corrected chi connectivity index (χ4v) is 1.86. The molecular weight excluding hydrogens is 298 g/mol. The van der Waals surface area contributed by atoms with Crippen molar-refractivity contribution < 1.29 is 14.2 Å². The number of fused-ring (bicyclic) bond motifs is 1. The summed E-state index contributed by atoms with van der Waals surface area (Å²) in [5.41, 5.74) is 6.82. The lowest BCUT2D eigenvalue weighted by Crippen LogP contribution is -2.27. The maximum atomic E-state index is 5.84. The van der Waals surface area contributed by atoms with Gasteiger partial charge in [-0.1, -0.05) is 12.2 Å². The lowest BCUT2D eigenvalue weighted by atomic mass is 10.4. The molecule has 8 nitrogen and oxygen atoms in total. The van der Waals surface area contributed by atoms with Crippen molar-refractivity contribution in [3.05, 3.63) is 37.8 Å². The Bertz CT molecular complexity index is 629. The summed E-state index contributed by atoms with van der Waals surface area (Å²) in [7, 11) is 0. The smallest absolute Gasteiger partial charge is 0.222 e. The van der Waals surface area contributed by atoms with E-state index in [9.17, 15) is 0 Å². The number of rotatable bonds is 11. The first-order chi connectivity index (χ1) is 11.2. The number of nitrogens with zero attached hydrogens (tertiary/aromatic N) is 4. The van der Waals surface area contributed by atoms with Crippen LogP contribution in [0.2, 0.25) is 0 Å². The molecule has 0 aliphatic rings. The average Bonchev–Trinajstić information content (AvgIpc) is 2.94. The van der Waals surface area contributed by atoms with Gasteiger partial charge >= 0.3 is 0 Å². The van der Waals surface area contributed by atoms with E-state index < -0.39 is 0 Å². The number of nitrogen functional groups attached to an aromatic ring is 1. The van der Waals surface area contributed by atoms with E-state index in [1.807, 2.05) is 0 Å². The average molecular weight is 319 g/mol. The predicted octanol–water partition coefficient (Wildman–Crippen LogP) is 1.16. The van der Waals surface area contributed by atoms with Crippen LogP contribution >= 0.6 is 0 Å². The van der Waals surface area contributed by atoms with Crippen molar-refractivity contribution in [2.45, 2.75) is 12.8 Å². The van der Waals surface area contributed by atoms with E-state index in [0.717, 1.165) is 5.52 Å². The van der Waals surface area contributed by atoms with Crippen LogP contribution in [-0.4, -0.2) is 52.1 Å². The third-order valence-electron chi connectivity index (χ3n) is 2.93. The highest BCUT2D eigenvalue weighted by molar-refractivity contribution is 5.70. The second-order valence-corrected chi connectivity index (χ2v) is 4.72. The van der Waals surface area contributed by atoms with Crippen molar-refractivity contribution in [1.29, 1.82) is 0 Å². The van der Waals surface area contributed by atoms with Crippen LogP contribution < -0.4 is 5.73 Å². The number of aromatic nitrogens is 4. The molecule has 0 atom stereocenters. The van der Waals surface area contributed by atoms with Gasteiger partial charge in [0, 0.05) is 0 Å². The van der Waals surface area contributed by atoms with Gasteiger partial charge in [-0.2, -0.15) is 4.98 Å². The first-order valence-electron chi connectivity index (χ1n) is 7.16. The highest BCUT2D eigenvalue weighted by Crippen LogP contribution is 2.11. The molecule has 2 N–H and O–H groups in total. The monoisotopic (exact) mass is 319 g/mol. The van der Waals surface area contributed by atoms with Crippen molar-refractivity contribution in [3.8, 4) is 0 Å². The predicted molar refractivity (Wildman–Crippen MR) is 86.6 cm³/mol. The largest absolute Gasteiger partial charge is 0.375 e. The van der Waals surface area contributed by atoms with Crippen molar-refractivity contribution in [2.75, 3.05) is 32.2 Å². The lowest BCUT2D eigenvalue weighted by molar-refractivity contribution is -0.0744. The molecule has 23 heavy (non-hydrogen) atoms. The Morgan fingerprint density at radius 2 is 1.87 bits per heavy atom. The maximum Gasteiger partial charge on any atom is 0.222 e. The normalized spacial score (nSPS) is 11.2. The van der Waals surface area contributed by atoms with Crippen molar-refractivity contribution >= 4 is 17.1 Å². The zero-order chi connectivity index (χ0) is 16.5. The Morgan fingerprint density at radius 1 is 1.17 bits per heavy atom. The second kappa shape index (κ2) is 8.99. The Morgan fingerprint density at radius 3 is 2.52 bits per heavy atom. The number of imidazole rings is 1. The molecule has 124 valence electrons. The summed E-state index contributed by atoms with van der Waals surface area (Å²) in [5, 5.41) is 0. The summed E-state index contributed by atoms with van der Waals surface area (Å²) in [4.78, 5) is 12.2. The first kappa shape index (κ1) is 17.1. The summed E-state index contributed by atoms with van der Waals surface area (Å²) in [6.07, 6.45) is 6.40. The molecule has 0 spiro atoms. The highest BCUT2D eigenvalue weighted by atomic mass is 16.6. The van der Waals surface area contributed by atoms with Crippen molar-refractivity contribution in [1.82, 2.24) is 19.5 Å². The Kier molecular flexibility index (Phi) is 6.67. The molecule has 2 heterocycles. The van der Waals surface area contributed by atoms with Crippen LogP contribution in [0, 0.1) is 0 Å². The van der Waals surface area contributed by atoms with Crippen LogP contribution in [0.3, 0.4) is 0 Å². The van der Waals surface area contributed by atoms with Crippen LogP contribution in [-0.2, 0) is 20.9 Å². The Labute approximate surface area is 134 Å². The molecule has 0 aromatic carbocycles. The molecule has 0 saturated heterocycles. The minimum Gasteiger partial charge on any atom is -0.375 e. The van der Waals surface area contributed by atoms with E-state index in [-0.39, 0.29) is 18.8 Å². The molecule has 2 aromatic heterocycles. The van der Waals surface area contributed by atoms with Gasteiger partial charge in [-0.05, 0) is 0 Å². The molecule has 0 radical (unpaired) electrons. The summed E-state index contributed by atoms with van der Waals surface area (Å²) in [5.74, 6) is 0.192. The van der Waals surface area contributed by atoms with E-state index in [1.54, 1.807) is 29.2 Å². The van der Waals surface area contributed by atoms with Gasteiger partial charge in [0.1, 0.15) is 18.4 Å². The molecule has 0 unspecified atom stereocenters. The van der Waals surface area contributed by atoms with E-state index in [4.69, 9.17) is 19.9 Å². The van der Waals surface area contributed by atoms with Gasteiger partial charge in [-0.3, -0.25) is 0 Å². The third-order valence-corrected chi connectivity index (χ3v) is 2.93. The lowest BCUT2D eigenvalue weighted by Gasteiger charge is -2.18. The number of ether oxygens (including phenoxy) is 3. The van der Waals surface area contributed by atoms with Gasteiger partial charge in [-0.25, -0.2) is 9.97 Å². The summed E-state index contributed by atoms with van der Waals surface area (Å²) in [6.45, 7) is 9.23. The molecule has 0 aliphatic heterocycles. The Hall–Kier alpha value is -2.29. The van der Waals surface area contributed by atoms with Crippen LogP contribution in [0.4, 0.5) is 5.95 Å². The van der Waals surface area contributed by atoms with Crippen LogP contribution in [0.15, 0.2) is 37.8 Å². The van der Waals surface area contributed by atoms with Crippen LogP contribution in [0.1, 0.15) is 0 Å². The molecule has 8 heteroatoms. The molecule has 0 aliphatic carbocycles. The summed E-state index contributed by atoms with van der Waals surface area (Å²) >= 11 is 0. The van der Waals surface area contributed by atoms with E-state index in [0.29, 0.717) is 32.1 Å². The number of hydrogen-bond acceptors (Lipinski definition) is 7. The topological polar surface area (TPSA) is 97.3 Å². The highest BCUT2D eigenvalue weighted by Gasteiger charge is 2.12. The molecule has 0 bridgehead atoms. The third kappa shape index (κ3) is 5.13.